The molecule has 0 radical (unpaired) electrons. The molecule has 1 N–H and O–H groups in total. The number of hydrogen-bond donors (Lipinski definition) is 1. The van der Waals surface area contributed by atoms with E-state index in [1.54, 1.807) is 9.36 Å². The molecule has 1 atom stereocenters. The van der Waals surface area contributed by atoms with Gasteiger partial charge in [0.1, 0.15) is 12.4 Å². The van der Waals surface area contributed by atoms with Crippen LogP contribution in [0.2, 0.25) is 0 Å². The first-order chi connectivity index (χ1) is 10.0. The lowest BCUT2D eigenvalue weighted by Crippen LogP contribution is -2.30. The van der Waals surface area contributed by atoms with Crippen molar-refractivity contribution in [1.29, 1.82) is 0 Å². The van der Waals surface area contributed by atoms with E-state index in [1.807, 2.05) is 27.0 Å². The number of hydrogen-bond acceptors (Lipinski definition) is 6. The number of anilines is 1. The SMILES string of the molecule is COC(=O)C1=C(C)Nc2ncnn2C1c1cc(C)nn1C. The first kappa shape index (κ1) is 13.3. The van der Waals surface area contributed by atoms with Gasteiger partial charge in [-0.15, -0.1) is 0 Å². The van der Waals surface area contributed by atoms with Gasteiger partial charge in [0.05, 0.1) is 24.1 Å². The first-order valence-electron chi connectivity index (χ1n) is 6.49. The van der Waals surface area contributed by atoms with Crippen LogP contribution in [-0.4, -0.2) is 37.6 Å². The molecule has 21 heavy (non-hydrogen) atoms. The van der Waals surface area contributed by atoms with Crippen LogP contribution in [0.4, 0.5) is 5.95 Å². The summed E-state index contributed by atoms with van der Waals surface area (Å²) in [4.78, 5) is 16.4. The summed E-state index contributed by atoms with van der Waals surface area (Å²) in [6.45, 7) is 3.72. The molecule has 0 spiro atoms. The number of aromatic nitrogens is 5. The molecule has 3 heterocycles. The van der Waals surface area contributed by atoms with E-state index >= 15 is 0 Å². The van der Waals surface area contributed by atoms with Gasteiger partial charge in [0.25, 0.3) is 0 Å². The van der Waals surface area contributed by atoms with Gasteiger partial charge in [0, 0.05) is 12.7 Å². The number of fused-ring (bicyclic) bond motifs is 1. The van der Waals surface area contributed by atoms with Crippen LogP contribution in [0.1, 0.15) is 24.4 Å². The van der Waals surface area contributed by atoms with Crippen molar-refractivity contribution >= 4 is 11.9 Å². The maximum absolute atomic E-state index is 12.2. The Morgan fingerprint density at radius 1 is 1.43 bits per heavy atom. The standard InChI is InChI=1S/C13H16N6O2/c1-7-5-9(18(3)17-7)11-10(12(20)21-4)8(2)16-13-14-6-15-19(11)13/h5-6,11H,1-4H3,(H,14,15,16). The van der Waals surface area contributed by atoms with Gasteiger partial charge < -0.3 is 10.1 Å². The van der Waals surface area contributed by atoms with Gasteiger partial charge in [-0.05, 0) is 19.9 Å². The molecule has 2 aromatic rings. The van der Waals surface area contributed by atoms with E-state index in [0.29, 0.717) is 17.2 Å². The summed E-state index contributed by atoms with van der Waals surface area (Å²) >= 11 is 0. The third kappa shape index (κ3) is 1.99. The minimum absolute atomic E-state index is 0.398. The van der Waals surface area contributed by atoms with E-state index in [4.69, 9.17) is 4.74 Å². The van der Waals surface area contributed by atoms with Crippen molar-refractivity contribution in [3.63, 3.8) is 0 Å². The van der Waals surface area contributed by atoms with Crippen LogP contribution in [0.3, 0.4) is 0 Å². The van der Waals surface area contributed by atoms with Crippen molar-refractivity contribution in [1.82, 2.24) is 24.5 Å². The Morgan fingerprint density at radius 2 is 2.19 bits per heavy atom. The fraction of sp³-hybridized carbons (Fsp3) is 0.385. The molecule has 8 nitrogen and oxygen atoms in total. The lowest BCUT2D eigenvalue weighted by molar-refractivity contribution is -0.136. The molecular weight excluding hydrogens is 272 g/mol. The average molecular weight is 288 g/mol. The van der Waals surface area contributed by atoms with Crippen LogP contribution in [0.5, 0.6) is 0 Å². The number of esters is 1. The van der Waals surface area contributed by atoms with Crippen LogP contribution < -0.4 is 5.32 Å². The first-order valence-corrected chi connectivity index (χ1v) is 6.49. The largest absolute Gasteiger partial charge is 0.466 e. The average Bonchev–Trinajstić information content (AvgIpc) is 3.02. The molecule has 0 bridgehead atoms. The fourth-order valence-corrected chi connectivity index (χ4v) is 2.63. The summed E-state index contributed by atoms with van der Waals surface area (Å²) < 4.78 is 8.33. The Kier molecular flexibility index (Phi) is 3.00. The fourth-order valence-electron chi connectivity index (χ4n) is 2.63. The lowest BCUT2D eigenvalue weighted by Gasteiger charge is -2.27. The third-order valence-corrected chi connectivity index (χ3v) is 3.52. The predicted molar refractivity (Wildman–Crippen MR) is 74.4 cm³/mol. The number of carbonyl (C=O) groups excluding carboxylic acids is 1. The number of aryl methyl sites for hydroxylation is 2. The van der Waals surface area contributed by atoms with Gasteiger partial charge in [0.15, 0.2) is 0 Å². The van der Waals surface area contributed by atoms with Crippen LogP contribution >= 0.6 is 0 Å². The Bertz CT molecular complexity index is 742. The maximum Gasteiger partial charge on any atom is 0.338 e. The molecular formula is C13H16N6O2. The van der Waals surface area contributed by atoms with Crippen LogP contribution in [0.25, 0.3) is 0 Å². The zero-order valence-corrected chi connectivity index (χ0v) is 12.3. The summed E-state index contributed by atoms with van der Waals surface area (Å²) in [5, 5.41) is 11.6. The molecule has 0 fully saturated rings. The molecule has 0 saturated heterocycles. The van der Waals surface area contributed by atoms with Gasteiger partial charge in [-0.3, -0.25) is 4.68 Å². The van der Waals surface area contributed by atoms with Gasteiger partial charge in [-0.2, -0.15) is 15.2 Å². The minimum atomic E-state index is -0.414. The van der Waals surface area contributed by atoms with E-state index in [1.165, 1.54) is 13.4 Å². The second-order valence-corrected chi connectivity index (χ2v) is 4.92. The van der Waals surface area contributed by atoms with Crippen LogP contribution in [0, 0.1) is 6.92 Å². The van der Waals surface area contributed by atoms with Crippen molar-refractivity contribution in [2.45, 2.75) is 19.9 Å². The summed E-state index contributed by atoms with van der Waals surface area (Å²) in [6.07, 6.45) is 1.45. The van der Waals surface area contributed by atoms with E-state index in [0.717, 1.165) is 11.4 Å². The van der Waals surface area contributed by atoms with E-state index < -0.39 is 12.0 Å². The Hall–Kier alpha value is -2.64. The van der Waals surface area contributed by atoms with E-state index in [-0.39, 0.29) is 0 Å². The Balaban J connectivity index is 2.22. The molecule has 2 aromatic heterocycles. The number of nitrogens with one attached hydrogen (secondary N) is 1. The van der Waals surface area contributed by atoms with Gasteiger partial charge >= 0.3 is 5.97 Å². The number of rotatable bonds is 2. The van der Waals surface area contributed by atoms with Crippen molar-refractivity contribution in [3.8, 4) is 0 Å². The molecule has 3 rings (SSSR count). The van der Waals surface area contributed by atoms with Crippen molar-refractivity contribution in [3.05, 3.63) is 35.1 Å². The summed E-state index contributed by atoms with van der Waals surface area (Å²) in [5.74, 6) is 0.189. The molecule has 1 aliphatic rings. The number of carbonyl (C=O) groups is 1. The predicted octanol–water partition coefficient (Wildman–Crippen LogP) is 0.782. The second-order valence-electron chi connectivity index (χ2n) is 4.92. The number of methoxy groups -OCH3 is 1. The van der Waals surface area contributed by atoms with Gasteiger partial charge in [-0.1, -0.05) is 0 Å². The molecule has 8 heteroatoms. The number of allylic oxidation sites excluding steroid dienone is 1. The highest BCUT2D eigenvalue weighted by Gasteiger charge is 2.35. The van der Waals surface area contributed by atoms with E-state index in [2.05, 4.69) is 20.5 Å². The van der Waals surface area contributed by atoms with Crippen LogP contribution in [0.15, 0.2) is 23.7 Å². The summed E-state index contributed by atoms with van der Waals surface area (Å²) in [7, 11) is 3.20. The smallest absolute Gasteiger partial charge is 0.338 e. The summed E-state index contributed by atoms with van der Waals surface area (Å²) in [5.41, 5.74) is 2.92. The van der Waals surface area contributed by atoms with Gasteiger partial charge in [-0.25, -0.2) is 9.48 Å². The molecule has 0 aromatic carbocycles. The highest BCUT2D eigenvalue weighted by molar-refractivity contribution is 5.92. The van der Waals surface area contributed by atoms with Crippen molar-refractivity contribution in [2.75, 3.05) is 12.4 Å². The molecule has 0 amide bonds. The quantitative estimate of drug-likeness (QED) is 0.822. The monoisotopic (exact) mass is 288 g/mol. The molecule has 110 valence electrons. The summed E-state index contributed by atoms with van der Waals surface area (Å²) in [6, 6.07) is 1.51. The molecule has 1 unspecified atom stereocenters. The van der Waals surface area contributed by atoms with Crippen LogP contribution in [-0.2, 0) is 16.6 Å². The lowest BCUT2D eigenvalue weighted by atomic mass is 10.00. The van der Waals surface area contributed by atoms with Crippen molar-refractivity contribution < 1.29 is 9.53 Å². The highest BCUT2D eigenvalue weighted by Crippen LogP contribution is 2.34. The topological polar surface area (TPSA) is 86.9 Å². The van der Waals surface area contributed by atoms with Crippen molar-refractivity contribution in [2.24, 2.45) is 7.05 Å². The Morgan fingerprint density at radius 3 is 2.81 bits per heavy atom. The maximum atomic E-state index is 12.2. The molecule has 1 aliphatic heterocycles. The van der Waals surface area contributed by atoms with Gasteiger partial charge in [0.2, 0.25) is 5.95 Å². The second kappa shape index (κ2) is 4.72. The number of nitrogens with zero attached hydrogens (tertiary/aromatic N) is 5. The molecule has 0 saturated carbocycles. The Labute approximate surface area is 121 Å². The third-order valence-electron chi connectivity index (χ3n) is 3.52. The van der Waals surface area contributed by atoms with E-state index in [9.17, 15) is 4.79 Å². The highest BCUT2D eigenvalue weighted by atomic mass is 16.5. The number of ether oxygens (including phenoxy) is 1. The minimum Gasteiger partial charge on any atom is -0.466 e. The normalized spacial score (nSPS) is 17.4. The molecule has 0 aliphatic carbocycles. The zero-order valence-electron chi connectivity index (χ0n) is 12.3. The zero-order chi connectivity index (χ0) is 15.1.